The van der Waals surface area contributed by atoms with E-state index in [2.05, 4.69) is 28.9 Å². The Balaban J connectivity index is 1.82. The Morgan fingerprint density at radius 2 is 1.88 bits per heavy atom. The van der Waals surface area contributed by atoms with Crippen LogP contribution in [0.5, 0.6) is 0 Å². The highest BCUT2D eigenvalue weighted by Gasteiger charge is 2.10. The normalized spacial score (nSPS) is 17.0. The van der Waals surface area contributed by atoms with Gasteiger partial charge in [0, 0.05) is 37.7 Å². The number of nitrogens with one attached hydrogen (secondary N) is 1. The molecule has 1 saturated heterocycles. The van der Waals surface area contributed by atoms with E-state index in [0.717, 1.165) is 44.2 Å². The molecule has 1 heterocycles. The van der Waals surface area contributed by atoms with Crippen LogP contribution in [-0.4, -0.2) is 37.6 Å². The molecule has 0 aliphatic carbocycles. The molecule has 0 aromatic heterocycles. The minimum atomic E-state index is 0.793. The summed E-state index contributed by atoms with van der Waals surface area (Å²) in [6.45, 7) is 9.61. The van der Waals surface area contributed by atoms with E-state index in [9.17, 15) is 0 Å². The summed E-state index contributed by atoms with van der Waals surface area (Å²) >= 11 is 5.87. The van der Waals surface area contributed by atoms with E-state index in [0.29, 0.717) is 0 Å². The molecule has 0 atom stereocenters. The molecule has 0 radical (unpaired) electrons. The first-order valence-electron chi connectivity index (χ1n) is 6.08. The fourth-order valence-corrected chi connectivity index (χ4v) is 2.26. The van der Waals surface area contributed by atoms with Crippen molar-refractivity contribution >= 4 is 11.6 Å². The molecule has 0 spiro atoms. The molecule has 0 bridgehead atoms. The fraction of sp³-hybridized carbons (Fsp3) is 0.429. The van der Waals surface area contributed by atoms with Crippen molar-refractivity contribution in [3.05, 3.63) is 47.0 Å². The van der Waals surface area contributed by atoms with Crippen molar-refractivity contribution in [2.75, 3.05) is 32.7 Å². The first-order valence-corrected chi connectivity index (χ1v) is 6.46. The second-order valence-electron chi connectivity index (χ2n) is 4.58. The summed E-state index contributed by atoms with van der Waals surface area (Å²) < 4.78 is 0. The standard InChI is InChI=1S/C14H19ClN2/c1-12(11-17-8-6-16-7-9-17)10-13-2-4-14(15)5-3-13/h2-5,16H,1,6-11H2. The molecule has 2 nitrogen and oxygen atoms in total. The first kappa shape index (κ1) is 12.6. The number of benzene rings is 1. The molecule has 0 saturated carbocycles. The van der Waals surface area contributed by atoms with E-state index in [1.807, 2.05) is 12.1 Å². The molecule has 2 rings (SSSR count). The van der Waals surface area contributed by atoms with Gasteiger partial charge in [-0.25, -0.2) is 0 Å². The molecule has 3 heteroatoms. The molecular weight excluding hydrogens is 232 g/mol. The van der Waals surface area contributed by atoms with Gasteiger partial charge in [0.2, 0.25) is 0 Å². The number of rotatable bonds is 4. The molecule has 1 aliphatic heterocycles. The Bertz CT molecular complexity index is 366. The van der Waals surface area contributed by atoms with Crippen LogP contribution in [0.3, 0.4) is 0 Å². The minimum absolute atomic E-state index is 0.793. The van der Waals surface area contributed by atoms with Crippen LogP contribution in [0.2, 0.25) is 5.02 Å². The Hall–Kier alpha value is -0.830. The SMILES string of the molecule is C=C(Cc1ccc(Cl)cc1)CN1CCNCC1. The lowest BCUT2D eigenvalue weighted by molar-refractivity contribution is 0.258. The maximum absolute atomic E-state index is 5.87. The lowest BCUT2D eigenvalue weighted by Crippen LogP contribution is -2.44. The van der Waals surface area contributed by atoms with Crippen molar-refractivity contribution in [3.8, 4) is 0 Å². The van der Waals surface area contributed by atoms with Crippen molar-refractivity contribution in [3.63, 3.8) is 0 Å². The average molecular weight is 251 g/mol. The fourth-order valence-electron chi connectivity index (χ4n) is 2.13. The lowest BCUT2D eigenvalue weighted by Gasteiger charge is -2.27. The van der Waals surface area contributed by atoms with Gasteiger partial charge in [-0.3, -0.25) is 4.90 Å². The molecule has 0 amide bonds. The zero-order valence-corrected chi connectivity index (χ0v) is 10.8. The molecule has 1 fully saturated rings. The molecule has 1 N–H and O–H groups in total. The summed E-state index contributed by atoms with van der Waals surface area (Å²) in [5, 5.41) is 4.15. The zero-order valence-electron chi connectivity index (χ0n) is 10.1. The maximum atomic E-state index is 5.87. The van der Waals surface area contributed by atoms with Gasteiger partial charge in [0.05, 0.1) is 0 Å². The minimum Gasteiger partial charge on any atom is -0.314 e. The molecule has 17 heavy (non-hydrogen) atoms. The van der Waals surface area contributed by atoms with Crippen LogP contribution in [0.4, 0.5) is 0 Å². The Kier molecular flexibility index (Phi) is 4.60. The third-order valence-electron chi connectivity index (χ3n) is 3.02. The Morgan fingerprint density at radius 1 is 1.24 bits per heavy atom. The van der Waals surface area contributed by atoms with Crippen molar-refractivity contribution in [2.24, 2.45) is 0 Å². The van der Waals surface area contributed by atoms with Crippen molar-refractivity contribution in [2.45, 2.75) is 6.42 Å². The third kappa shape index (κ3) is 4.15. The van der Waals surface area contributed by atoms with Crippen molar-refractivity contribution < 1.29 is 0 Å². The van der Waals surface area contributed by atoms with E-state index >= 15 is 0 Å². The Labute approximate surface area is 108 Å². The number of hydrogen-bond acceptors (Lipinski definition) is 2. The van der Waals surface area contributed by atoms with Gasteiger partial charge in [0.25, 0.3) is 0 Å². The maximum Gasteiger partial charge on any atom is 0.0406 e. The van der Waals surface area contributed by atoms with E-state index in [1.165, 1.54) is 11.1 Å². The molecular formula is C14H19ClN2. The summed E-state index contributed by atoms with van der Waals surface area (Å²) in [6, 6.07) is 8.03. The van der Waals surface area contributed by atoms with E-state index < -0.39 is 0 Å². The summed E-state index contributed by atoms with van der Waals surface area (Å²) in [4.78, 5) is 2.45. The molecule has 92 valence electrons. The van der Waals surface area contributed by atoms with Gasteiger partial charge in [-0.1, -0.05) is 35.9 Å². The van der Waals surface area contributed by atoms with E-state index in [-0.39, 0.29) is 0 Å². The zero-order chi connectivity index (χ0) is 12.1. The quantitative estimate of drug-likeness (QED) is 0.826. The predicted octanol–water partition coefficient (Wildman–Crippen LogP) is 2.34. The van der Waals surface area contributed by atoms with Gasteiger partial charge in [0.15, 0.2) is 0 Å². The van der Waals surface area contributed by atoms with Gasteiger partial charge in [0.1, 0.15) is 0 Å². The van der Waals surface area contributed by atoms with Gasteiger partial charge in [-0.15, -0.1) is 0 Å². The number of hydrogen-bond donors (Lipinski definition) is 1. The van der Waals surface area contributed by atoms with Crippen LogP contribution < -0.4 is 5.32 Å². The van der Waals surface area contributed by atoms with Crippen molar-refractivity contribution in [1.29, 1.82) is 0 Å². The van der Waals surface area contributed by atoms with Gasteiger partial charge < -0.3 is 5.32 Å². The van der Waals surface area contributed by atoms with Crippen molar-refractivity contribution in [1.82, 2.24) is 10.2 Å². The van der Waals surface area contributed by atoms with Gasteiger partial charge in [-0.2, -0.15) is 0 Å². The summed E-state index contributed by atoms with van der Waals surface area (Å²) in [6.07, 6.45) is 0.946. The monoisotopic (exact) mass is 250 g/mol. The highest BCUT2D eigenvalue weighted by atomic mass is 35.5. The molecule has 1 aromatic carbocycles. The molecule has 1 aromatic rings. The first-order chi connectivity index (χ1) is 8.24. The lowest BCUT2D eigenvalue weighted by atomic mass is 10.1. The van der Waals surface area contributed by atoms with E-state index in [1.54, 1.807) is 0 Å². The predicted molar refractivity (Wildman–Crippen MR) is 73.6 cm³/mol. The van der Waals surface area contributed by atoms with Gasteiger partial charge in [-0.05, 0) is 24.1 Å². The number of halogens is 1. The van der Waals surface area contributed by atoms with Crippen LogP contribution in [0.1, 0.15) is 5.56 Å². The van der Waals surface area contributed by atoms with Gasteiger partial charge >= 0.3 is 0 Å². The van der Waals surface area contributed by atoms with Crippen LogP contribution >= 0.6 is 11.6 Å². The number of piperazine rings is 1. The highest BCUT2D eigenvalue weighted by molar-refractivity contribution is 6.30. The topological polar surface area (TPSA) is 15.3 Å². The van der Waals surface area contributed by atoms with Crippen LogP contribution in [0, 0.1) is 0 Å². The smallest absolute Gasteiger partial charge is 0.0406 e. The van der Waals surface area contributed by atoms with Crippen LogP contribution in [0.15, 0.2) is 36.4 Å². The summed E-state index contributed by atoms with van der Waals surface area (Å²) in [5.41, 5.74) is 2.56. The summed E-state index contributed by atoms with van der Waals surface area (Å²) in [5.74, 6) is 0. The average Bonchev–Trinajstić information content (AvgIpc) is 2.33. The third-order valence-corrected chi connectivity index (χ3v) is 3.28. The largest absolute Gasteiger partial charge is 0.314 e. The van der Waals surface area contributed by atoms with Crippen LogP contribution in [-0.2, 0) is 6.42 Å². The second kappa shape index (κ2) is 6.20. The number of nitrogens with zero attached hydrogens (tertiary/aromatic N) is 1. The Morgan fingerprint density at radius 3 is 2.53 bits per heavy atom. The summed E-state index contributed by atoms with van der Waals surface area (Å²) in [7, 11) is 0. The highest BCUT2D eigenvalue weighted by Crippen LogP contribution is 2.13. The second-order valence-corrected chi connectivity index (χ2v) is 5.02. The molecule has 0 unspecified atom stereocenters. The van der Waals surface area contributed by atoms with Crippen LogP contribution in [0.25, 0.3) is 0 Å². The van der Waals surface area contributed by atoms with E-state index in [4.69, 9.17) is 11.6 Å². The molecule has 1 aliphatic rings.